The fourth-order valence-electron chi connectivity index (χ4n) is 2.25. The fourth-order valence-corrected chi connectivity index (χ4v) is 2.25. The third-order valence-corrected chi connectivity index (χ3v) is 3.21. The van der Waals surface area contributed by atoms with E-state index in [1.807, 2.05) is 13.8 Å². The summed E-state index contributed by atoms with van der Waals surface area (Å²) in [6, 6.07) is 7.30. The van der Waals surface area contributed by atoms with Gasteiger partial charge in [0.05, 0.1) is 5.56 Å². The lowest BCUT2D eigenvalue weighted by molar-refractivity contribution is -0.117. The van der Waals surface area contributed by atoms with Gasteiger partial charge in [0.2, 0.25) is 5.91 Å². The van der Waals surface area contributed by atoms with Gasteiger partial charge in [0.1, 0.15) is 18.1 Å². The van der Waals surface area contributed by atoms with Crippen molar-refractivity contribution in [2.75, 3.05) is 18.4 Å². The normalized spacial score (nSPS) is 10.7. The first-order valence-electron chi connectivity index (χ1n) is 7.63. The summed E-state index contributed by atoms with van der Waals surface area (Å²) in [4.78, 5) is 26.0. The molecule has 0 aliphatic carbocycles. The summed E-state index contributed by atoms with van der Waals surface area (Å²) >= 11 is 0. The zero-order valence-corrected chi connectivity index (χ0v) is 13.9. The number of benzene rings is 1. The Morgan fingerprint density at radius 1 is 1.33 bits per heavy atom. The van der Waals surface area contributed by atoms with Crippen molar-refractivity contribution in [3.63, 3.8) is 0 Å². The molecule has 128 valence electrons. The van der Waals surface area contributed by atoms with Crippen LogP contribution >= 0.6 is 0 Å². The molecule has 1 aromatic carbocycles. The SMILES string of the molecule is Cc1cc(NC(=O)CN(CC(C)C)C(=O)c2ccccc2F)no1. The van der Waals surface area contributed by atoms with Gasteiger partial charge in [0.25, 0.3) is 5.91 Å². The lowest BCUT2D eigenvalue weighted by Crippen LogP contribution is -2.40. The van der Waals surface area contributed by atoms with Gasteiger partial charge in [-0.25, -0.2) is 4.39 Å². The zero-order chi connectivity index (χ0) is 17.7. The minimum atomic E-state index is -0.608. The second kappa shape index (κ2) is 7.72. The molecule has 1 N–H and O–H groups in total. The molecular formula is C17H20FN3O3. The van der Waals surface area contributed by atoms with Crippen molar-refractivity contribution < 1.29 is 18.5 Å². The molecule has 0 saturated heterocycles. The maximum atomic E-state index is 13.9. The second-order valence-corrected chi connectivity index (χ2v) is 5.93. The average molecular weight is 333 g/mol. The summed E-state index contributed by atoms with van der Waals surface area (Å²) in [6.45, 7) is 5.67. The Balaban J connectivity index is 2.11. The average Bonchev–Trinajstić information content (AvgIpc) is 2.91. The predicted octanol–water partition coefficient (Wildman–Crippen LogP) is 2.86. The molecule has 24 heavy (non-hydrogen) atoms. The molecule has 0 aliphatic rings. The Labute approximate surface area is 139 Å². The number of nitrogens with zero attached hydrogens (tertiary/aromatic N) is 2. The molecule has 2 amide bonds. The van der Waals surface area contributed by atoms with Gasteiger partial charge >= 0.3 is 0 Å². The van der Waals surface area contributed by atoms with Crippen LogP contribution in [0.15, 0.2) is 34.9 Å². The molecule has 1 aromatic heterocycles. The molecule has 0 radical (unpaired) electrons. The number of hydrogen-bond donors (Lipinski definition) is 1. The summed E-state index contributed by atoms with van der Waals surface area (Å²) in [5.41, 5.74) is -0.0526. The second-order valence-electron chi connectivity index (χ2n) is 5.93. The maximum absolute atomic E-state index is 13.9. The smallest absolute Gasteiger partial charge is 0.257 e. The van der Waals surface area contributed by atoms with Gasteiger partial charge in [0, 0.05) is 12.6 Å². The quantitative estimate of drug-likeness (QED) is 0.882. The highest BCUT2D eigenvalue weighted by molar-refractivity contribution is 5.99. The van der Waals surface area contributed by atoms with E-state index in [1.165, 1.54) is 23.1 Å². The summed E-state index contributed by atoms with van der Waals surface area (Å²) in [5, 5.41) is 6.23. The standard InChI is InChI=1S/C17H20FN3O3/c1-11(2)9-21(17(23)13-6-4-5-7-14(13)18)10-16(22)19-15-8-12(3)24-20-15/h4-8,11H,9-10H2,1-3H3,(H,19,20,22). The number of halogens is 1. The van der Waals surface area contributed by atoms with Crippen LogP contribution in [0.3, 0.4) is 0 Å². The number of carbonyl (C=O) groups excluding carboxylic acids is 2. The van der Waals surface area contributed by atoms with E-state index in [9.17, 15) is 14.0 Å². The third kappa shape index (κ3) is 4.65. The molecule has 0 spiro atoms. The Kier molecular flexibility index (Phi) is 5.68. The van der Waals surface area contributed by atoms with Crippen LogP contribution in [0.1, 0.15) is 30.0 Å². The minimum absolute atomic E-state index is 0.0526. The number of amides is 2. The lowest BCUT2D eigenvalue weighted by atomic mass is 10.1. The highest BCUT2D eigenvalue weighted by atomic mass is 19.1. The molecule has 0 saturated carbocycles. The Bertz CT molecular complexity index is 727. The first kappa shape index (κ1) is 17.7. The summed E-state index contributed by atoms with van der Waals surface area (Å²) in [6.07, 6.45) is 0. The van der Waals surface area contributed by atoms with E-state index in [2.05, 4.69) is 10.5 Å². The summed E-state index contributed by atoms with van der Waals surface area (Å²) in [7, 11) is 0. The molecule has 2 aromatic rings. The van der Waals surface area contributed by atoms with Gasteiger partial charge in [0.15, 0.2) is 5.82 Å². The van der Waals surface area contributed by atoms with Gasteiger partial charge in [-0.2, -0.15) is 0 Å². The number of hydrogen-bond acceptors (Lipinski definition) is 4. The van der Waals surface area contributed by atoms with Crippen molar-refractivity contribution in [3.8, 4) is 0 Å². The first-order chi connectivity index (χ1) is 11.4. The van der Waals surface area contributed by atoms with Crippen LogP contribution in [0.2, 0.25) is 0 Å². The van der Waals surface area contributed by atoms with Crippen LogP contribution in [0.25, 0.3) is 0 Å². The molecule has 7 heteroatoms. The van der Waals surface area contributed by atoms with Crippen molar-refractivity contribution in [1.82, 2.24) is 10.1 Å². The highest BCUT2D eigenvalue weighted by Gasteiger charge is 2.22. The van der Waals surface area contributed by atoms with Crippen molar-refractivity contribution in [3.05, 3.63) is 47.5 Å². The van der Waals surface area contributed by atoms with Gasteiger partial charge in [-0.3, -0.25) is 9.59 Å². The van der Waals surface area contributed by atoms with E-state index < -0.39 is 17.6 Å². The van der Waals surface area contributed by atoms with E-state index in [1.54, 1.807) is 19.1 Å². The van der Waals surface area contributed by atoms with Crippen LogP contribution in [-0.2, 0) is 4.79 Å². The number of nitrogens with one attached hydrogen (secondary N) is 1. The molecule has 0 fully saturated rings. The molecule has 2 rings (SSSR count). The topological polar surface area (TPSA) is 75.4 Å². The number of carbonyl (C=O) groups is 2. The third-order valence-electron chi connectivity index (χ3n) is 3.21. The molecule has 0 unspecified atom stereocenters. The number of aromatic nitrogens is 1. The minimum Gasteiger partial charge on any atom is -0.360 e. The number of rotatable bonds is 6. The Morgan fingerprint density at radius 3 is 2.62 bits per heavy atom. The molecule has 0 aliphatic heterocycles. The van der Waals surface area contributed by atoms with Crippen LogP contribution in [0.5, 0.6) is 0 Å². The first-order valence-corrected chi connectivity index (χ1v) is 7.63. The van der Waals surface area contributed by atoms with Crippen LogP contribution in [-0.4, -0.2) is 35.0 Å². The van der Waals surface area contributed by atoms with Crippen LogP contribution in [0, 0.1) is 18.7 Å². The summed E-state index contributed by atoms with van der Waals surface area (Å²) in [5.74, 6) is -0.583. The number of anilines is 1. The van der Waals surface area contributed by atoms with Gasteiger partial charge < -0.3 is 14.7 Å². The van der Waals surface area contributed by atoms with Crippen molar-refractivity contribution in [2.24, 2.45) is 5.92 Å². The Morgan fingerprint density at radius 2 is 2.04 bits per heavy atom. The molecule has 0 bridgehead atoms. The van der Waals surface area contributed by atoms with E-state index in [0.717, 1.165) is 0 Å². The van der Waals surface area contributed by atoms with Gasteiger partial charge in [-0.1, -0.05) is 31.1 Å². The molecular weight excluding hydrogens is 313 g/mol. The van der Waals surface area contributed by atoms with E-state index in [-0.39, 0.29) is 23.8 Å². The van der Waals surface area contributed by atoms with Crippen molar-refractivity contribution in [1.29, 1.82) is 0 Å². The summed E-state index contributed by atoms with van der Waals surface area (Å²) < 4.78 is 18.7. The van der Waals surface area contributed by atoms with Crippen molar-refractivity contribution >= 4 is 17.6 Å². The van der Waals surface area contributed by atoms with E-state index in [4.69, 9.17) is 4.52 Å². The zero-order valence-electron chi connectivity index (χ0n) is 13.9. The fraction of sp³-hybridized carbons (Fsp3) is 0.353. The van der Waals surface area contributed by atoms with Gasteiger partial charge in [-0.15, -0.1) is 0 Å². The largest absolute Gasteiger partial charge is 0.360 e. The number of aryl methyl sites for hydroxylation is 1. The maximum Gasteiger partial charge on any atom is 0.257 e. The Hall–Kier alpha value is -2.70. The van der Waals surface area contributed by atoms with Crippen molar-refractivity contribution in [2.45, 2.75) is 20.8 Å². The van der Waals surface area contributed by atoms with E-state index in [0.29, 0.717) is 12.3 Å². The lowest BCUT2D eigenvalue weighted by Gasteiger charge is -2.24. The highest BCUT2D eigenvalue weighted by Crippen LogP contribution is 2.13. The molecule has 1 heterocycles. The van der Waals surface area contributed by atoms with Crippen LogP contribution in [0.4, 0.5) is 10.2 Å². The van der Waals surface area contributed by atoms with Crippen LogP contribution < -0.4 is 5.32 Å². The predicted molar refractivity (Wildman–Crippen MR) is 87.0 cm³/mol. The molecule has 6 nitrogen and oxygen atoms in total. The molecule has 0 atom stereocenters. The monoisotopic (exact) mass is 333 g/mol. The van der Waals surface area contributed by atoms with E-state index >= 15 is 0 Å². The van der Waals surface area contributed by atoms with Gasteiger partial charge in [-0.05, 0) is 25.0 Å².